The van der Waals surface area contributed by atoms with Gasteiger partial charge in [0.1, 0.15) is 5.54 Å². The van der Waals surface area contributed by atoms with Gasteiger partial charge in [0, 0.05) is 25.9 Å². The van der Waals surface area contributed by atoms with Gasteiger partial charge in [0.15, 0.2) is 0 Å². The lowest BCUT2D eigenvalue weighted by Crippen LogP contribution is -2.44. The molecule has 10 heteroatoms. The van der Waals surface area contributed by atoms with E-state index in [2.05, 4.69) is 16.2 Å². The summed E-state index contributed by atoms with van der Waals surface area (Å²) in [7, 11) is 0. The molecule has 154 valence electrons. The smallest absolute Gasteiger partial charge is 0.324 e. The Morgan fingerprint density at radius 3 is 2.48 bits per heavy atom. The van der Waals surface area contributed by atoms with Gasteiger partial charge in [-0.05, 0) is 32.4 Å². The Morgan fingerprint density at radius 2 is 1.86 bits per heavy atom. The monoisotopic (exact) mass is 401 g/mol. The number of nitrogens with zero attached hydrogens (tertiary/aromatic N) is 2. The van der Waals surface area contributed by atoms with Crippen LogP contribution in [0.2, 0.25) is 0 Å². The molecule has 2 aliphatic heterocycles. The number of carbonyl (C=O) groups is 5. The average molecular weight is 401 g/mol. The maximum absolute atomic E-state index is 12.5. The van der Waals surface area contributed by atoms with E-state index in [1.54, 1.807) is 43.0 Å². The molecule has 2 aliphatic rings. The van der Waals surface area contributed by atoms with Crippen molar-refractivity contribution < 1.29 is 24.0 Å². The van der Waals surface area contributed by atoms with E-state index < -0.39 is 29.3 Å². The summed E-state index contributed by atoms with van der Waals surface area (Å²) < 4.78 is 0. The van der Waals surface area contributed by atoms with Crippen LogP contribution in [-0.4, -0.2) is 53.2 Å². The highest BCUT2D eigenvalue weighted by Gasteiger charge is 2.44. The first-order valence-corrected chi connectivity index (χ1v) is 9.33. The number of carbonyl (C=O) groups excluding carboxylic acids is 5. The third-order valence-corrected chi connectivity index (χ3v) is 4.84. The van der Waals surface area contributed by atoms with Gasteiger partial charge in [-0.2, -0.15) is 0 Å². The Hall–Kier alpha value is -3.43. The van der Waals surface area contributed by atoms with Crippen molar-refractivity contribution >= 4 is 35.3 Å². The van der Waals surface area contributed by atoms with Crippen LogP contribution in [0.25, 0.3) is 0 Å². The Morgan fingerprint density at radius 1 is 1.14 bits per heavy atom. The highest BCUT2D eigenvalue weighted by molar-refractivity contribution is 6.07. The molecule has 0 saturated carbocycles. The van der Waals surface area contributed by atoms with E-state index in [0.717, 1.165) is 11.3 Å². The highest BCUT2D eigenvalue weighted by atomic mass is 16.2. The minimum Gasteiger partial charge on any atom is -0.324 e. The van der Waals surface area contributed by atoms with E-state index in [-0.39, 0.29) is 24.4 Å². The summed E-state index contributed by atoms with van der Waals surface area (Å²) in [5, 5.41) is 2.53. The molecule has 0 atom stereocenters. The summed E-state index contributed by atoms with van der Waals surface area (Å²) >= 11 is 0. The maximum Gasteiger partial charge on any atom is 0.325 e. The van der Waals surface area contributed by atoms with Crippen LogP contribution in [0.5, 0.6) is 0 Å². The number of anilines is 1. The van der Waals surface area contributed by atoms with Gasteiger partial charge < -0.3 is 10.2 Å². The van der Waals surface area contributed by atoms with Crippen molar-refractivity contribution in [3.05, 3.63) is 29.8 Å². The zero-order valence-electron chi connectivity index (χ0n) is 16.3. The van der Waals surface area contributed by atoms with Crippen LogP contribution >= 0.6 is 0 Å². The van der Waals surface area contributed by atoms with E-state index >= 15 is 0 Å². The third-order valence-electron chi connectivity index (χ3n) is 4.84. The lowest BCUT2D eigenvalue weighted by atomic mass is 10.1. The standard InChI is InChI=1S/C19H23N5O5/c1-19(2)17(28)24(18(29)20-19)11-9-14(25)21-22-16(27)12-6-3-4-7-13(12)23-10-5-8-15(23)26/h3-4,6-7H,5,8-11H2,1-2H3,(H,20,29)(H,21,25)(H,22,27). The van der Waals surface area contributed by atoms with E-state index in [0.29, 0.717) is 18.7 Å². The van der Waals surface area contributed by atoms with Crippen LogP contribution in [0.15, 0.2) is 24.3 Å². The van der Waals surface area contributed by atoms with Crippen molar-refractivity contribution in [1.29, 1.82) is 0 Å². The van der Waals surface area contributed by atoms with Crippen LogP contribution in [0.1, 0.15) is 43.5 Å². The molecule has 29 heavy (non-hydrogen) atoms. The first-order valence-electron chi connectivity index (χ1n) is 9.33. The highest BCUT2D eigenvalue weighted by Crippen LogP contribution is 2.25. The first-order chi connectivity index (χ1) is 13.7. The molecular weight excluding hydrogens is 378 g/mol. The van der Waals surface area contributed by atoms with Crippen LogP contribution in [0.3, 0.4) is 0 Å². The van der Waals surface area contributed by atoms with E-state index in [1.807, 2.05) is 0 Å². The molecule has 0 aromatic heterocycles. The zero-order valence-corrected chi connectivity index (χ0v) is 16.3. The van der Waals surface area contributed by atoms with E-state index in [1.165, 1.54) is 0 Å². The predicted molar refractivity (Wildman–Crippen MR) is 103 cm³/mol. The normalized spacial score (nSPS) is 18.1. The maximum atomic E-state index is 12.5. The Balaban J connectivity index is 1.55. The number of benzene rings is 1. The number of hydrazine groups is 1. The van der Waals surface area contributed by atoms with Gasteiger partial charge in [-0.3, -0.25) is 34.9 Å². The number of amides is 6. The molecule has 0 bridgehead atoms. The van der Waals surface area contributed by atoms with Gasteiger partial charge in [0.2, 0.25) is 11.8 Å². The molecule has 2 fully saturated rings. The fourth-order valence-electron chi connectivity index (χ4n) is 3.29. The predicted octanol–water partition coefficient (Wildman–Crippen LogP) is 0.295. The SMILES string of the molecule is CC1(C)NC(=O)N(CCC(=O)NNC(=O)c2ccccc2N2CCCC2=O)C1=O. The van der Waals surface area contributed by atoms with Gasteiger partial charge in [0.25, 0.3) is 11.8 Å². The zero-order chi connectivity index (χ0) is 21.2. The van der Waals surface area contributed by atoms with Crippen molar-refractivity contribution in [2.45, 2.75) is 38.6 Å². The number of para-hydroxylation sites is 1. The van der Waals surface area contributed by atoms with Crippen molar-refractivity contribution in [3.63, 3.8) is 0 Å². The fraction of sp³-hybridized carbons (Fsp3) is 0.421. The summed E-state index contributed by atoms with van der Waals surface area (Å²) in [6, 6.07) is 6.09. The summed E-state index contributed by atoms with van der Waals surface area (Å²) in [6.45, 7) is 3.60. The molecule has 0 radical (unpaired) electrons. The Bertz CT molecular complexity index is 881. The van der Waals surface area contributed by atoms with Crippen molar-refractivity contribution in [2.24, 2.45) is 0 Å². The Labute approximate surface area is 167 Å². The second-order valence-electron chi connectivity index (χ2n) is 7.43. The molecule has 10 nitrogen and oxygen atoms in total. The van der Waals surface area contributed by atoms with Crippen molar-refractivity contribution in [2.75, 3.05) is 18.0 Å². The summed E-state index contributed by atoms with van der Waals surface area (Å²) in [6.07, 6.45) is 0.999. The molecule has 2 saturated heterocycles. The Kier molecular flexibility index (Phi) is 5.53. The van der Waals surface area contributed by atoms with Crippen LogP contribution in [-0.2, 0) is 14.4 Å². The van der Waals surface area contributed by atoms with Gasteiger partial charge >= 0.3 is 6.03 Å². The average Bonchev–Trinajstić information content (AvgIpc) is 3.18. The van der Waals surface area contributed by atoms with Gasteiger partial charge in [-0.1, -0.05) is 12.1 Å². The lowest BCUT2D eigenvalue weighted by molar-refractivity contribution is -0.130. The van der Waals surface area contributed by atoms with Crippen LogP contribution in [0.4, 0.5) is 10.5 Å². The second-order valence-corrected chi connectivity index (χ2v) is 7.43. The molecule has 3 rings (SSSR count). The largest absolute Gasteiger partial charge is 0.325 e. The van der Waals surface area contributed by atoms with Gasteiger partial charge in [-0.15, -0.1) is 0 Å². The number of imide groups is 1. The molecular formula is C19H23N5O5. The molecule has 0 unspecified atom stereocenters. The van der Waals surface area contributed by atoms with Gasteiger partial charge in [0.05, 0.1) is 11.3 Å². The lowest BCUT2D eigenvalue weighted by Gasteiger charge is -2.19. The van der Waals surface area contributed by atoms with E-state index in [9.17, 15) is 24.0 Å². The van der Waals surface area contributed by atoms with Crippen molar-refractivity contribution in [3.8, 4) is 0 Å². The summed E-state index contributed by atoms with van der Waals surface area (Å²) in [4.78, 5) is 63.0. The molecule has 1 aromatic carbocycles. The van der Waals surface area contributed by atoms with E-state index in [4.69, 9.17) is 0 Å². The number of urea groups is 1. The molecule has 3 N–H and O–H groups in total. The number of rotatable bonds is 5. The minimum atomic E-state index is -1.00. The molecule has 6 amide bonds. The first kappa shape index (κ1) is 20.3. The summed E-state index contributed by atoms with van der Waals surface area (Å²) in [5.74, 6) is -1.59. The summed E-state index contributed by atoms with van der Waals surface area (Å²) in [5.41, 5.74) is 4.33. The molecule has 0 spiro atoms. The number of hydrogen-bond acceptors (Lipinski definition) is 5. The van der Waals surface area contributed by atoms with Crippen LogP contribution < -0.4 is 21.1 Å². The topological polar surface area (TPSA) is 128 Å². The molecule has 1 aromatic rings. The van der Waals surface area contributed by atoms with Crippen LogP contribution in [0, 0.1) is 0 Å². The minimum absolute atomic E-state index is 0.0502. The fourth-order valence-corrected chi connectivity index (χ4v) is 3.29. The van der Waals surface area contributed by atoms with Gasteiger partial charge in [-0.25, -0.2) is 4.79 Å². The quantitative estimate of drug-likeness (QED) is 0.483. The number of hydrogen-bond donors (Lipinski definition) is 3. The number of nitrogens with one attached hydrogen (secondary N) is 3. The van der Waals surface area contributed by atoms with Crippen molar-refractivity contribution in [1.82, 2.24) is 21.1 Å². The second kappa shape index (κ2) is 7.90. The third kappa shape index (κ3) is 4.20. The molecule has 2 heterocycles. The molecule has 0 aliphatic carbocycles.